The van der Waals surface area contributed by atoms with Crippen molar-refractivity contribution in [3.05, 3.63) is 65.5 Å². The molecule has 0 atom stereocenters. The third-order valence-corrected chi connectivity index (χ3v) is 6.21. The van der Waals surface area contributed by atoms with Crippen LogP contribution >= 0.6 is 0 Å². The first kappa shape index (κ1) is 20.5. The zero-order valence-electron chi connectivity index (χ0n) is 16.0. The second kappa shape index (κ2) is 8.04. The fourth-order valence-electron chi connectivity index (χ4n) is 3.07. The Bertz CT molecular complexity index is 1220. The molecule has 0 aliphatic heterocycles. The molecule has 0 radical (unpaired) electrons. The summed E-state index contributed by atoms with van der Waals surface area (Å²) >= 11 is 0. The Kier molecular flexibility index (Phi) is 5.69. The van der Waals surface area contributed by atoms with Crippen molar-refractivity contribution in [1.29, 1.82) is 0 Å². The summed E-state index contributed by atoms with van der Waals surface area (Å²) in [6, 6.07) is 10.7. The van der Waals surface area contributed by atoms with E-state index < -0.39 is 15.8 Å². The summed E-state index contributed by atoms with van der Waals surface area (Å²) in [7, 11) is -2.21. The third-order valence-electron chi connectivity index (χ3n) is 4.35. The van der Waals surface area contributed by atoms with Crippen molar-refractivity contribution in [2.75, 3.05) is 18.5 Å². The van der Waals surface area contributed by atoms with Gasteiger partial charge in [0, 0.05) is 13.1 Å². The van der Waals surface area contributed by atoms with Crippen molar-refractivity contribution in [2.45, 2.75) is 13.3 Å². The zero-order chi connectivity index (χ0) is 21.2. The van der Waals surface area contributed by atoms with Crippen LogP contribution in [0.5, 0.6) is 0 Å². The van der Waals surface area contributed by atoms with E-state index in [1.807, 2.05) is 0 Å². The number of nitrogens with two attached hydrogens (primary N) is 1. The second-order valence-electron chi connectivity index (χ2n) is 6.44. The highest BCUT2D eigenvalue weighted by atomic mass is 32.2. The Morgan fingerprint density at radius 3 is 2.62 bits per heavy atom. The number of carbonyl (C=O) groups excluding carboxylic acids is 1. The molecule has 0 aliphatic carbocycles. The van der Waals surface area contributed by atoms with Gasteiger partial charge >= 0.3 is 0 Å². The number of hydrogen-bond acceptors (Lipinski definition) is 5. The molecule has 9 heteroatoms. The zero-order valence-corrected chi connectivity index (χ0v) is 16.8. The van der Waals surface area contributed by atoms with E-state index in [2.05, 4.69) is 10.3 Å². The van der Waals surface area contributed by atoms with Gasteiger partial charge < -0.3 is 11.1 Å². The average molecular weight is 416 g/mol. The minimum absolute atomic E-state index is 0.0856. The Balaban J connectivity index is 2.26. The number of hydrogen-bond donors (Lipinski definition) is 2. The molecule has 7 nitrogen and oxygen atoms in total. The van der Waals surface area contributed by atoms with Crippen molar-refractivity contribution in [3.8, 4) is 0 Å². The molecule has 3 rings (SSSR count). The van der Waals surface area contributed by atoms with Gasteiger partial charge in [0.25, 0.3) is 0 Å². The van der Waals surface area contributed by atoms with Gasteiger partial charge in [0.05, 0.1) is 16.8 Å². The van der Waals surface area contributed by atoms with Crippen molar-refractivity contribution in [2.24, 2.45) is 0 Å². The molecule has 0 aliphatic rings. The van der Waals surface area contributed by atoms with Gasteiger partial charge in [0.2, 0.25) is 21.9 Å². The number of carbonyl (C=O) groups is 1. The smallest absolute Gasteiger partial charge is 0.244 e. The fourth-order valence-corrected chi connectivity index (χ4v) is 4.54. The van der Waals surface area contributed by atoms with Gasteiger partial charge in [-0.1, -0.05) is 25.1 Å². The number of likely N-dealkylation sites (N-methyl/N-ethyl adjacent to an activating group) is 1. The average Bonchev–Trinajstić information content (AvgIpc) is 3.01. The van der Waals surface area contributed by atoms with Crippen LogP contribution in [0.2, 0.25) is 0 Å². The molecule has 3 aromatic rings. The molecule has 0 fully saturated rings. The van der Waals surface area contributed by atoms with Crippen LogP contribution in [0.25, 0.3) is 16.6 Å². The van der Waals surface area contributed by atoms with E-state index in [1.54, 1.807) is 31.2 Å². The Morgan fingerprint density at radius 2 is 1.97 bits per heavy atom. The first-order chi connectivity index (χ1) is 13.8. The Hall–Kier alpha value is -3.20. The van der Waals surface area contributed by atoms with Crippen LogP contribution in [-0.2, 0) is 14.8 Å². The molecule has 0 saturated heterocycles. The third kappa shape index (κ3) is 4.14. The van der Waals surface area contributed by atoms with Crippen LogP contribution in [0, 0.1) is 5.82 Å². The number of nitrogen functional groups attached to an aromatic ring is 1. The lowest BCUT2D eigenvalue weighted by atomic mass is 9.97. The maximum Gasteiger partial charge on any atom is 0.244 e. The number of halogens is 1. The van der Waals surface area contributed by atoms with Gasteiger partial charge in [-0.25, -0.2) is 21.8 Å². The number of nitrogens with one attached hydrogen (secondary N) is 1. The highest BCUT2D eigenvalue weighted by Crippen LogP contribution is 2.29. The van der Waals surface area contributed by atoms with E-state index in [4.69, 9.17) is 5.73 Å². The van der Waals surface area contributed by atoms with Gasteiger partial charge in [0.1, 0.15) is 5.82 Å². The minimum atomic E-state index is -3.70. The number of imidazole rings is 1. The minimum Gasteiger partial charge on any atom is -0.368 e. The summed E-state index contributed by atoms with van der Waals surface area (Å²) in [5.41, 5.74) is 8.02. The highest BCUT2D eigenvalue weighted by molar-refractivity contribution is 7.90. The maximum absolute atomic E-state index is 13.8. The number of rotatable bonds is 6. The number of anilines is 1. The summed E-state index contributed by atoms with van der Waals surface area (Å²) in [4.78, 5) is 16.1. The molecule has 1 amide bonds. The topological polar surface area (TPSA) is 107 Å². The number of nitrogens with zero attached hydrogens (tertiary/aromatic N) is 2. The summed E-state index contributed by atoms with van der Waals surface area (Å²) in [5, 5.41) is 2.50. The Morgan fingerprint density at radius 1 is 1.24 bits per heavy atom. The molecule has 0 unspecified atom stereocenters. The first-order valence-electron chi connectivity index (χ1n) is 8.97. The summed E-state index contributed by atoms with van der Waals surface area (Å²) in [5.74, 6) is -1.05. The molecule has 2 aromatic carbocycles. The van der Waals surface area contributed by atoms with Gasteiger partial charge in [0.15, 0.2) is 0 Å². The lowest BCUT2D eigenvalue weighted by Crippen LogP contribution is -2.18. The van der Waals surface area contributed by atoms with Gasteiger partial charge in [-0.2, -0.15) is 0 Å². The van der Waals surface area contributed by atoms with Crippen molar-refractivity contribution in [1.82, 2.24) is 14.3 Å². The quantitative estimate of drug-likeness (QED) is 0.601. The summed E-state index contributed by atoms with van der Waals surface area (Å²) < 4.78 is 40.1. The largest absolute Gasteiger partial charge is 0.368 e. The maximum atomic E-state index is 13.8. The van der Waals surface area contributed by atoms with Crippen LogP contribution in [0.15, 0.2) is 48.5 Å². The first-order valence-corrected chi connectivity index (χ1v) is 10.6. The lowest BCUT2D eigenvalue weighted by Gasteiger charge is -2.11. The van der Waals surface area contributed by atoms with E-state index in [1.165, 1.54) is 31.3 Å². The molecular weight excluding hydrogens is 395 g/mol. The molecule has 3 N–H and O–H groups in total. The van der Waals surface area contributed by atoms with Gasteiger partial charge in [-0.3, -0.25) is 4.79 Å². The Labute approximate surface area is 168 Å². The van der Waals surface area contributed by atoms with Gasteiger partial charge in [-0.15, -0.1) is 0 Å². The molecule has 0 saturated carbocycles. The molecule has 29 heavy (non-hydrogen) atoms. The number of aromatic nitrogens is 2. The number of fused-ring (bicyclic) bond motifs is 1. The molecule has 0 spiro atoms. The number of amides is 1. The van der Waals surface area contributed by atoms with E-state index in [9.17, 15) is 17.6 Å². The summed E-state index contributed by atoms with van der Waals surface area (Å²) in [6.07, 6.45) is 1.76. The van der Waals surface area contributed by atoms with Crippen molar-refractivity contribution < 1.29 is 17.6 Å². The highest BCUT2D eigenvalue weighted by Gasteiger charge is 2.21. The van der Waals surface area contributed by atoms with Crippen LogP contribution in [0.1, 0.15) is 24.5 Å². The van der Waals surface area contributed by atoms with Crippen molar-refractivity contribution in [3.63, 3.8) is 0 Å². The van der Waals surface area contributed by atoms with Crippen molar-refractivity contribution >= 4 is 38.5 Å². The van der Waals surface area contributed by atoms with Crippen LogP contribution in [0.4, 0.5) is 10.3 Å². The number of benzene rings is 2. The molecule has 1 heterocycles. The van der Waals surface area contributed by atoms with Crippen LogP contribution < -0.4 is 11.1 Å². The van der Waals surface area contributed by atoms with E-state index in [0.29, 0.717) is 34.2 Å². The van der Waals surface area contributed by atoms with E-state index in [0.717, 1.165) is 3.97 Å². The van der Waals surface area contributed by atoms with E-state index >= 15 is 0 Å². The predicted molar refractivity (Wildman–Crippen MR) is 111 cm³/mol. The summed E-state index contributed by atoms with van der Waals surface area (Å²) in [6.45, 7) is 1.76. The molecule has 1 aromatic heterocycles. The van der Waals surface area contributed by atoms with Gasteiger partial charge in [-0.05, 0) is 47.4 Å². The normalized spacial score (nSPS) is 12.3. The second-order valence-corrected chi connectivity index (χ2v) is 8.37. The molecule has 0 bridgehead atoms. The van der Waals surface area contributed by atoms with Crippen LogP contribution in [0.3, 0.4) is 0 Å². The predicted octanol–water partition coefficient (Wildman–Crippen LogP) is 2.52. The van der Waals surface area contributed by atoms with E-state index in [-0.39, 0.29) is 17.6 Å². The standard InChI is InChI=1S/C20H21FN4O3S/c1-3-9-29(27,28)25-18-11-14(7-8-17(18)24-20(25)22)16(12-19(26)23-2)13-5-4-6-15(21)10-13/h4-8,10-12H,3,9H2,1-2H3,(H2,22,24)(H,23,26). The van der Waals surface area contributed by atoms with Crippen LogP contribution in [-0.4, -0.2) is 36.1 Å². The fraction of sp³-hybridized carbons (Fsp3) is 0.200. The molecular formula is C20H21FN4O3S. The SMILES string of the molecule is CCCS(=O)(=O)n1c(N)nc2ccc(C(=CC(=O)NC)c3cccc(F)c3)cc21. The monoisotopic (exact) mass is 416 g/mol. The molecule has 152 valence electrons. The lowest BCUT2D eigenvalue weighted by molar-refractivity contribution is -0.116.